The number of hydrogen-bond acceptors (Lipinski definition) is 7. The molecule has 6 rings (SSSR count). The van der Waals surface area contributed by atoms with Crippen molar-refractivity contribution in [1.82, 2.24) is 0 Å². The Bertz CT molecular complexity index is 2920. The molecule has 290 valence electrons. The van der Waals surface area contributed by atoms with Crippen LogP contribution in [-0.4, -0.2) is 49.4 Å². The van der Waals surface area contributed by atoms with Gasteiger partial charge >= 0.3 is 0 Å². The van der Waals surface area contributed by atoms with Gasteiger partial charge in [0.1, 0.15) is 0 Å². The van der Waals surface area contributed by atoms with E-state index in [1.807, 2.05) is 30.3 Å². The number of carbonyl (C=O) groups excluding carboxylic acids is 4. The molecule has 13 heteroatoms. The van der Waals surface area contributed by atoms with E-state index in [1.54, 1.807) is 48.5 Å². The van der Waals surface area contributed by atoms with Gasteiger partial charge in [0.15, 0.2) is 56.4 Å². The molecule has 6 aromatic carbocycles. The molecule has 0 spiro atoms. The summed E-state index contributed by atoms with van der Waals surface area (Å²) in [5, 5.41) is 4.62. The van der Waals surface area contributed by atoms with Crippen LogP contribution in [0.2, 0.25) is 0 Å². The molecule has 0 aromatic heterocycles. The van der Waals surface area contributed by atoms with Crippen LogP contribution in [0.3, 0.4) is 0 Å². The van der Waals surface area contributed by atoms with E-state index >= 15 is 0 Å². The SMILES string of the molecule is C=C(C)C(=O)c1c(S(=O)O)c(S(=O)O)c2cc3ccccc3cc2c1C(=O)C(=C)C.C=C(C)C(=O)c1cc2cc3ccccc3cc2c(S(=O)O)c1C(=O)C(=C)C. The molecule has 0 aliphatic carbocycles. The maximum absolute atomic E-state index is 13.1. The number of carbonyl (C=O) groups is 4. The van der Waals surface area contributed by atoms with Gasteiger partial charge in [-0.3, -0.25) is 19.2 Å². The normalized spacial score (nSPS) is 12.7. The van der Waals surface area contributed by atoms with Crippen molar-refractivity contribution < 1.29 is 45.5 Å². The van der Waals surface area contributed by atoms with Crippen molar-refractivity contribution in [3.05, 3.63) is 150 Å². The summed E-state index contributed by atoms with van der Waals surface area (Å²) in [6.45, 7) is 20.4. The molecule has 3 unspecified atom stereocenters. The minimum Gasteiger partial charge on any atom is -0.302 e. The molecule has 0 bridgehead atoms. The van der Waals surface area contributed by atoms with Gasteiger partial charge in [-0.15, -0.1) is 0 Å². The third kappa shape index (κ3) is 8.12. The molecule has 0 saturated carbocycles. The number of ketones is 4. The highest BCUT2D eigenvalue weighted by Gasteiger charge is 2.33. The number of benzene rings is 6. The molecule has 6 aromatic rings. The average molecular weight is 821 g/mol. The van der Waals surface area contributed by atoms with Crippen LogP contribution in [0.15, 0.2) is 142 Å². The molecule has 0 saturated heterocycles. The summed E-state index contributed by atoms with van der Waals surface area (Å²) in [6.07, 6.45) is 0. The van der Waals surface area contributed by atoms with Gasteiger partial charge in [0.2, 0.25) is 0 Å². The molecule has 10 nitrogen and oxygen atoms in total. The van der Waals surface area contributed by atoms with Crippen LogP contribution < -0.4 is 0 Å². The Balaban J connectivity index is 0.000000219. The molecule has 3 N–H and O–H groups in total. The fraction of sp³-hybridized carbons (Fsp3) is 0.0909. The quantitative estimate of drug-likeness (QED) is 0.0493. The molecule has 0 aliphatic heterocycles. The fourth-order valence-corrected chi connectivity index (χ4v) is 8.85. The maximum Gasteiger partial charge on any atom is 0.190 e. The molecular weight excluding hydrogens is 785 g/mol. The van der Waals surface area contributed by atoms with E-state index in [0.29, 0.717) is 16.2 Å². The zero-order chi connectivity index (χ0) is 42.2. The second-order valence-electron chi connectivity index (χ2n) is 13.4. The second kappa shape index (κ2) is 16.8. The van der Waals surface area contributed by atoms with Crippen molar-refractivity contribution in [2.75, 3.05) is 0 Å². The molecule has 3 atom stereocenters. The van der Waals surface area contributed by atoms with Crippen LogP contribution >= 0.6 is 0 Å². The van der Waals surface area contributed by atoms with Crippen LogP contribution in [0.5, 0.6) is 0 Å². The van der Waals surface area contributed by atoms with Crippen molar-refractivity contribution in [2.24, 2.45) is 0 Å². The minimum absolute atomic E-state index is 0.00674. The van der Waals surface area contributed by atoms with Crippen LogP contribution in [0.4, 0.5) is 0 Å². The third-order valence-corrected chi connectivity index (χ3v) is 11.5. The Morgan fingerprint density at radius 1 is 0.421 bits per heavy atom. The summed E-state index contributed by atoms with van der Waals surface area (Å²) in [7, 11) is 0. The summed E-state index contributed by atoms with van der Waals surface area (Å²) in [4.78, 5) is 50.6. The lowest BCUT2D eigenvalue weighted by Crippen LogP contribution is -2.17. The third-order valence-electron chi connectivity index (χ3n) is 9.04. The lowest BCUT2D eigenvalue weighted by molar-refractivity contribution is 0.0997. The predicted octanol–water partition coefficient (Wildman–Crippen LogP) is 9.76. The topological polar surface area (TPSA) is 180 Å². The van der Waals surface area contributed by atoms with Gasteiger partial charge in [-0.05, 0) is 113 Å². The van der Waals surface area contributed by atoms with E-state index in [4.69, 9.17) is 0 Å². The first kappa shape index (κ1) is 42.5. The van der Waals surface area contributed by atoms with E-state index in [1.165, 1.54) is 27.7 Å². The Hall–Kier alpha value is -5.67. The van der Waals surface area contributed by atoms with E-state index < -0.39 is 66.8 Å². The smallest absolute Gasteiger partial charge is 0.190 e. The number of fused-ring (bicyclic) bond motifs is 4. The minimum atomic E-state index is -2.84. The number of rotatable bonds is 11. The highest BCUT2D eigenvalue weighted by Crippen LogP contribution is 2.39. The zero-order valence-corrected chi connectivity index (χ0v) is 33.7. The van der Waals surface area contributed by atoms with Crippen molar-refractivity contribution in [2.45, 2.75) is 42.4 Å². The zero-order valence-electron chi connectivity index (χ0n) is 31.3. The molecule has 0 amide bonds. The van der Waals surface area contributed by atoms with Gasteiger partial charge in [-0.1, -0.05) is 74.8 Å². The molecule has 0 aliphatic rings. The van der Waals surface area contributed by atoms with Crippen LogP contribution in [-0.2, 0) is 33.2 Å². The van der Waals surface area contributed by atoms with E-state index in [2.05, 4.69) is 26.3 Å². The molecular formula is C44H36O10S3. The molecule has 0 heterocycles. The van der Waals surface area contributed by atoms with Crippen molar-refractivity contribution >= 4 is 99.5 Å². The van der Waals surface area contributed by atoms with Gasteiger partial charge in [-0.25, -0.2) is 12.6 Å². The fourth-order valence-electron chi connectivity index (χ4n) is 6.43. The van der Waals surface area contributed by atoms with Crippen LogP contribution in [0.1, 0.15) is 69.1 Å². The lowest BCUT2D eigenvalue weighted by atomic mass is 9.88. The van der Waals surface area contributed by atoms with Crippen LogP contribution in [0.25, 0.3) is 43.1 Å². The van der Waals surface area contributed by atoms with Gasteiger partial charge in [0, 0.05) is 21.9 Å². The number of Topliss-reactive ketones (excluding diaryl/α,β-unsaturated/α-hetero) is 4. The molecule has 0 radical (unpaired) electrons. The monoisotopic (exact) mass is 820 g/mol. The van der Waals surface area contributed by atoms with Gasteiger partial charge in [0.05, 0.1) is 25.8 Å². The van der Waals surface area contributed by atoms with Gasteiger partial charge in [0.25, 0.3) is 0 Å². The van der Waals surface area contributed by atoms with Crippen LogP contribution in [0, 0.1) is 0 Å². The van der Waals surface area contributed by atoms with Gasteiger partial charge < -0.3 is 13.7 Å². The Kier molecular flexibility index (Phi) is 12.5. The maximum atomic E-state index is 13.1. The highest BCUT2D eigenvalue weighted by atomic mass is 32.2. The van der Waals surface area contributed by atoms with Gasteiger partial charge in [-0.2, -0.15) is 0 Å². The number of allylic oxidation sites excluding steroid dienone is 4. The Morgan fingerprint density at radius 2 is 0.789 bits per heavy atom. The van der Waals surface area contributed by atoms with Crippen molar-refractivity contribution in [1.29, 1.82) is 0 Å². The first-order valence-corrected chi connectivity index (χ1v) is 20.3. The first-order chi connectivity index (χ1) is 26.8. The predicted molar refractivity (Wildman–Crippen MR) is 227 cm³/mol. The highest BCUT2D eigenvalue weighted by molar-refractivity contribution is 7.82. The second-order valence-corrected chi connectivity index (χ2v) is 16.1. The Morgan fingerprint density at radius 3 is 1.21 bits per heavy atom. The standard InChI is InChI=1S/C22H18O6S2.C22H18O4S/c1-11(2)19(23)17-15-9-13-7-5-6-8-14(13)10-16(15)21(29(25)26)22(30(27)28)18(17)20(24)12(3)4;1-12(2)20(23)18-11-16-9-14-7-5-6-8-15(14)10-17(16)22(27(25)26)19(18)21(24)13(3)4/h5-10H,1,3H2,2,4H3,(H,25,26)(H,27,28);5-11H,1,3H2,2,4H3,(H,25,26). The van der Waals surface area contributed by atoms with Crippen molar-refractivity contribution in [3.8, 4) is 0 Å². The summed E-state index contributed by atoms with van der Waals surface area (Å²) >= 11 is -8.03. The number of hydrogen-bond donors (Lipinski definition) is 3. The van der Waals surface area contributed by atoms with E-state index in [9.17, 15) is 45.5 Å². The largest absolute Gasteiger partial charge is 0.302 e. The first-order valence-electron chi connectivity index (χ1n) is 16.9. The lowest BCUT2D eigenvalue weighted by Gasteiger charge is -2.19. The summed E-state index contributed by atoms with van der Waals surface area (Å²) < 4.78 is 66.8. The Labute approximate surface area is 335 Å². The molecule has 0 fully saturated rings. The van der Waals surface area contributed by atoms with E-state index in [-0.39, 0.29) is 59.5 Å². The summed E-state index contributed by atoms with van der Waals surface area (Å²) in [6, 6.07) is 23.0. The summed E-state index contributed by atoms with van der Waals surface area (Å²) in [5.41, 5.74) is -0.0348. The average Bonchev–Trinajstić information content (AvgIpc) is 3.16. The molecule has 57 heavy (non-hydrogen) atoms. The van der Waals surface area contributed by atoms with Crippen molar-refractivity contribution in [3.63, 3.8) is 0 Å². The van der Waals surface area contributed by atoms with E-state index in [0.717, 1.165) is 16.2 Å². The summed E-state index contributed by atoms with van der Waals surface area (Å²) in [5.74, 6) is -2.35.